The zero-order valence-corrected chi connectivity index (χ0v) is 11.3. The van der Waals surface area contributed by atoms with Crippen LogP contribution in [0, 0.1) is 11.8 Å². The monoisotopic (exact) mass is 256 g/mol. The Morgan fingerprint density at radius 1 is 1.39 bits per heavy atom. The van der Waals surface area contributed by atoms with Crippen molar-refractivity contribution in [2.75, 3.05) is 13.1 Å². The van der Waals surface area contributed by atoms with Crippen molar-refractivity contribution < 1.29 is 14.7 Å². The average molecular weight is 256 g/mol. The predicted molar refractivity (Wildman–Crippen MR) is 69.0 cm³/mol. The highest BCUT2D eigenvalue weighted by molar-refractivity contribution is 5.82. The molecule has 0 spiro atoms. The van der Waals surface area contributed by atoms with Crippen LogP contribution in [-0.2, 0) is 9.59 Å². The van der Waals surface area contributed by atoms with E-state index in [1.54, 1.807) is 4.90 Å². The minimum atomic E-state index is -0.754. The zero-order valence-electron chi connectivity index (χ0n) is 11.3. The summed E-state index contributed by atoms with van der Waals surface area (Å²) < 4.78 is 0. The van der Waals surface area contributed by atoms with Crippen LogP contribution in [-0.4, -0.2) is 41.0 Å². The lowest BCUT2D eigenvalue weighted by molar-refractivity contribution is -0.139. The van der Waals surface area contributed by atoms with E-state index in [1.165, 1.54) is 0 Å². The van der Waals surface area contributed by atoms with E-state index in [9.17, 15) is 9.59 Å². The van der Waals surface area contributed by atoms with E-state index in [2.05, 4.69) is 0 Å². The minimum absolute atomic E-state index is 0.0122. The van der Waals surface area contributed by atoms with Gasteiger partial charge in [0.25, 0.3) is 0 Å². The molecule has 104 valence electrons. The predicted octanol–water partition coefficient (Wildman–Crippen LogP) is 1.07. The maximum atomic E-state index is 12.1. The fourth-order valence-electron chi connectivity index (χ4n) is 2.31. The second-order valence-corrected chi connectivity index (χ2v) is 5.28. The van der Waals surface area contributed by atoms with E-state index in [1.807, 2.05) is 13.8 Å². The molecule has 1 saturated heterocycles. The quantitative estimate of drug-likeness (QED) is 0.770. The second kappa shape index (κ2) is 6.73. The van der Waals surface area contributed by atoms with Gasteiger partial charge in [-0.25, -0.2) is 0 Å². The normalized spacial score (nSPS) is 20.5. The highest BCUT2D eigenvalue weighted by Crippen LogP contribution is 2.21. The fourth-order valence-corrected chi connectivity index (χ4v) is 2.31. The Morgan fingerprint density at radius 2 is 1.94 bits per heavy atom. The number of piperidine rings is 1. The highest BCUT2D eigenvalue weighted by atomic mass is 16.4. The molecular weight excluding hydrogens is 232 g/mol. The molecule has 1 unspecified atom stereocenters. The molecule has 1 fully saturated rings. The van der Waals surface area contributed by atoms with Crippen molar-refractivity contribution in [1.82, 2.24) is 4.90 Å². The molecule has 1 aliphatic rings. The third-order valence-corrected chi connectivity index (χ3v) is 3.93. The fraction of sp³-hybridized carbons (Fsp3) is 0.846. The number of rotatable bonds is 5. The first-order chi connectivity index (χ1) is 8.45. The average Bonchev–Trinajstić information content (AvgIpc) is 2.36. The van der Waals surface area contributed by atoms with Gasteiger partial charge in [-0.1, -0.05) is 20.3 Å². The summed E-state index contributed by atoms with van der Waals surface area (Å²) >= 11 is 0. The molecule has 0 saturated carbocycles. The number of carbonyl (C=O) groups is 2. The standard InChI is InChI=1S/C13H24N2O3/c1-3-9(2)12(14)13(18)15-6-4-10(5-7-15)8-11(16)17/h9-10,12H,3-8,14H2,1-2H3,(H,16,17)/t9?,12-/m0/s1. The number of carboxylic acid groups (broad SMARTS) is 1. The molecule has 0 aromatic heterocycles. The lowest BCUT2D eigenvalue weighted by atomic mass is 9.92. The third kappa shape index (κ3) is 3.98. The van der Waals surface area contributed by atoms with E-state index in [4.69, 9.17) is 10.8 Å². The largest absolute Gasteiger partial charge is 0.481 e. The van der Waals surface area contributed by atoms with Crippen molar-refractivity contribution in [2.45, 2.75) is 45.6 Å². The molecule has 1 amide bonds. The van der Waals surface area contributed by atoms with Gasteiger partial charge in [0.15, 0.2) is 0 Å². The third-order valence-electron chi connectivity index (χ3n) is 3.93. The van der Waals surface area contributed by atoms with E-state index < -0.39 is 12.0 Å². The molecule has 1 heterocycles. The van der Waals surface area contributed by atoms with Gasteiger partial charge in [0.05, 0.1) is 6.04 Å². The Hall–Kier alpha value is -1.10. The summed E-state index contributed by atoms with van der Waals surface area (Å²) in [7, 11) is 0. The molecule has 0 aromatic rings. The zero-order chi connectivity index (χ0) is 13.7. The van der Waals surface area contributed by atoms with Gasteiger partial charge in [0, 0.05) is 19.5 Å². The Kier molecular flexibility index (Phi) is 5.59. The summed E-state index contributed by atoms with van der Waals surface area (Å²) in [5.41, 5.74) is 5.93. The summed E-state index contributed by atoms with van der Waals surface area (Å²) in [5, 5.41) is 8.73. The summed E-state index contributed by atoms with van der Waals surface area (Å²) in [6.07, 6.45) is 2.64. The number of hydrogen-bond acceptors (Lipinski definition) is 3. The SMILES string of the molecule is CCC(C)[C@H](N)C(=O)N1CCC(CC(=O)O)CC1. The van der Waals surface area contributed by atoms with Crippen LogP contribution in [0.1, 0.15) is 39.5 Å². The molecule has 18 heavy (non-hydrogen) atoms. The Balaban J connectivity index is 2.42. The molecule has 0 bridgehead atoms. The molecule has 0 radical (unpaired) electrons. The molecule has 0 aliphatic carbocycles. The Labute approximate surface area is 108 Å². The van der Waals surface area contributed by atoms with Gasteiger partial charge in [-0.15, -0.1) is 0 Å². The van der Waals surface area contributed by atoms with Crippen LogP contribution in [0.3, 0.4) is 0 Å². The highest BCUT2D eigenvalue weighted by Gasteiger charge is 2.29. The van der Waals surface area contributed by atoms with Gasteiger partial charge in [0.1, 0.15) is 0 Å². The van der Waals surface area contributed by atoms with E-state index >= 15 is 0 Å². The first-order valence-corrected chi connectivity index (χ1v) is 6.71. The summed E-state index contributed by atoms with van der Waals surface area (Å²) in [6, 6.07) is -0.425. The molecule has 3 N–H and O–H groups in total. The van der Waals surface area contributed by atoms with Crippen molar-refractivity contribution in [3.8, 4) is 0 Å². The maximum Gasteiger partial charge on any atom is 0.303 e. The first-order valence-electron chi connectivity index (χ1n) is 6.71. The lowest BCUT2D eigenvalue weighted by Gasteiger charge is -2.34. The van der Waals surface area contributed by atoms with Crippen molar-refractivity contribution in [3.05, 3.63) is 0 Å². The minimum Gasteiger partial charge on any atom is -0.481 e. The molecule has 5 nitrogen and oxygen atoms in total. The van der Waals surface area contributed by atoms with Crippen LogP contribution in [0.2, 0.25) is 0 Å². The number of nitrogens with zero attached hydrogens (tertiary/aromatic N) is 1. The van der Waals surface area contributed by atoms with Gasteiger partial charge in [-0.05, 0) is 24.7 Å². The van der Waals surface area contributed by atoms with Crippen molar-refractivity contribution in [3.63, 3.8) is 0 Å². The summed E-state index contributed by atoms with van der Waals surface area (Å²) in [5.74, 6) is -0.352. The van der Waals surface area contributed by atoms with Crippen molar-refractivity contribution >= 4 is 11.9 Å². The summed E-state index contributed by atoms with van der Waals surface area (Å²) in [6.45, 7) is 5.29. The maximum absolute atomic E-state index is 12.1. The smallest absolute Gasteiger partial charge is 0.303 e. The van der Waals surface area contributed by atoms with Crippen LogP contribution < -0.4 is 5.73 Å². The Morgan fingerprint density at radius 3 is 2.39 bits per heavy atom. The molecular formula is C13H24N2O3. The molecule has 1 aliphatic heterocycles. The second-order valence-electron chi connectivity index (χ2n) is 5.28. The molecule has 0 aromatic carbocycles. The number of aliphatic carboxylic acids is 1. The first kappa shape index (κ1) is 15.0. The van der Waals surface area contributed by atoms with Gasteiger partial charge < -0.3 is 15.7 Å². The molecule has 5 heteroatoms. The van der Waals surface area contributed by atoms with Gasteiger partial charge in [-0.3, -0.25) is 9.59 Å². The summed E-state index contributed by atoms with van der Waals surface area (Å²) in [4.78, 5) is 24.5. The van der Waals surface area contributed by atoms with Gasteiger partial charge >= 0.3 is 5.97 Å². The van der Waals surface area contributed by atoms with Crippen LogP contribution in [0.25, 0.3) is 0 Å². The van der Waals surface area contributed by atoms with Crippen LogP contribution in [0.5, 0.6) is 0 Å². The number of amides is 1. The van der Waals surface area contributed by atoms with E-state index in [0.717, 1.165) is 19.3 Å². The van der Waals surface area contributed by atoms with E-state index in [0.29, 0.717) is 13.1 Å². The number of carbonyl (C=O) groups excluding carboxylic acids is 1. The van der Waals surface area contributed by atoms with Crippen LogP contribution in [0.4, 0.5) is 0 Å². The van der Waals surface area contributed by atoms with Gasteiger partial charge in [-0.2, -0.15) is 0 Å². The lowest BCUT2D eigenvalue weighted by Crippen LogP contribution is -2.49. The van der Waals surface area contributed by atoms with E-state index in [-0.39, 0.29) is 24.2 Å². The number of nitrogens with two attached hydrogens (primary N) is 1. The number of likely N-dealkylation sites (tertiary alicyclic amines) is 1. The topological polar surface area (TPSA) is 83.6 Å². The molecule has 2 atom stereocenters. The number of hydrogen-bond donors (Lipinski definition) is 2. The van der Waals surface area contributed by atoms with Crippen LogP contribution >= 0.6 is 0 Å². The van der Waals surface area contributed by atoms with Crippen molar-refractivity contribution in [1.29, 1.82) is 0 Å². The van der Waals surface area contributed by atoms with Crippen LogP contribution in [0.15, 0.2) is 0 Å². The number of carboxylic acids is 1. The van der Waals surface area contributed by atoms with Crippen molar-refractivity contribution in [2.24, 2.45) is 17.6 Å². The van der Waals surface area contributed by atoms with Gasteiger partial charge in [0.2, 0.25) is 5.91 Å². The molecule has 1 rings (SSSR count). The Bertz CT molecular complexity index is 299.